The molecule has 0 saturated heterocycles. The smallest absolute Gasteiger partial charge is 0.255 e. The fourth-order valence-corrected chi connectivity index (χ4v) is 3.87. The van der Waals surface area contributed by atoms with Gasteiger partial charge in [0.1, 0.15) is 12.4 Å². The summed E-state index contributed by atoms with van der Waals surface area (Å²) in [4.78, 5) is 19.4. The van der Waals surface area contributed by atoms with Crippen molar-refractivity contribution in [1.82, 2.24) is 10.3 Å². The zero-order valence-electron chi connectivity index (χ0n) is 17.8. The average molecular weight is 421 g/mol. The molecule has 162 valence electrons. The van der Waals surface area contributed by atoms with Crippen LogP contribution in [0, 0.1) is 0 Å². The number of carbonyl (C=O) groups is 1. The number of benzene rings is 1. The van der Waals surface area contributed by atoms with Crippen LogP contribution in [0.1, 0.15) is 34.2 Å². The second kappa shape index (κ2) is 9.66. The van der Waals surface area contributed by atoms with E-state index in [2.05, 4.69) is 40.3 Å². The summed E-state index contributed by atoms with van der Waals surface area (Å²) in [5, 5.41) is 2.96. The van der Waals surface area contributed by atoms with Crippen LogP contribution in [0.5, 0.6) is 5.88 Å². The number of hydrogen-bond acceptors (Lipinski definition) is 6. The predicted octanol–water partition coefficient (Wildman–Crippen LogP) is 3.58. The van der Waals surface area contributed by atoms with Gasteiger partial charge in [0.2, 0.25) is 5.88 Å². The fourth-order valence-electron chi connectivity index (χ4n) is 3.87. The van der Waals surface area contributed by atoms with Crippen molar-refractivity contribution in [3.8, 4) is 5.88 Å². The fraction of sp³-hybridized carbons (Fsp3) is 0.333. The van der Waals surface area contributed by atoms with Crippen molar-refractivity contribution in [3.63, 3.8) is 0 Å². The third-order valence-corrected chi connectivity index (χ3v) is 5.47. The molecule has 0 spiro atoms. The minimum absolute atomic E-state index is 0.185. The van der Waals surface area contributed by atoms with Crippen LogP contribution in [0.15, 0.2) is 59.3 Å². The molecule has 1 amide bonds. The standard InChI is InChI=1S/C24H27N3O4/c1-17-14-18-6-3-4-8-21(18)27(17)16-22-20(9-11-30-22)23(28)26-15-19-7-5-10-25-24(19)31-13-12-29-2/h3-11,17H,12-16H2,1-2H3,(H,26,28). The van der Waals surface area contributed by atoms with Gasteiger partial charge in [-0.2, -0.15) is 0 Å². The second-order valence-corrected chi connectivity index (χ2v) is 7.56. The van der Waals surface area contributed by atoms with Crippen LogP contribution >= 0.6 is 0 Å². The van der Waals surface area contributed by atoms with Crippen molar-refractivity contribution in [2.75, 3.05) is 25.2 Å². The number of anilines is 1. The number of ether oxygens (including phenoxy) is 2. The van der Waals surface area contributed by atoms with E-state index in [1.54, 1.807) is 25.6 Å². The van der Waals surface area contributed by atoms with Gasteiger partial charge in [-0.1, -0.05) is 24.3 Å². The van der Waals surface area contributed by atoms with Crippen molar-refractivity contribution in [3.05, 3.63) is 77.4 Å². The predicted molar refractivity (Wildman–Crippen MR) is 117 cm³/mol. The molecule has 1 unspecified atom stereocenters. The summed E-state index contributed by atoms with van der Waals surface area (Å²) in [6.45, 7) is 3.92. The van der Waals surface area contributed by atoms with Crippen LogP contribution in [0.25, 0.3) is 0 Å². The first-order chi connectivity index (χ1) is 15.2. The zero-order valence-corrected chi connectivity index (χ0v) is 17.8. The number of nitrogens with one attached hydrogen (secondary N) is 1. The number of para-hydroxylation sites is 1. The highest BCUT2D eigenvalue weighted by Crippen LogP contribution is 2.33. The number of rotatable bonds is 9. The van der Waals surface area contributed by atoms with E-state index in [1.807, 2.05) is 18.2 Å². The molecule has 1 atom stereocenters. The molecule has 3 heterocycles. The Kier molecular flexibility index (Phi) is 6.52. The van der Waals surface area contributed by atoms with Gasteiger partial charge in [-0.25, -0.2) is 4.98 Å². The molecule has 1 aliphatic rings. The first-order valence-corrected chi connectivity index (χ1v) is 10.4. The quantitative estimate of drug-likeness (QED) is 0.532. The number of fused-ring (bicyclic) bond motifs is 1. The van der Waals surface area contributed by atoms with Gasteiger partial charge in [-0.15, -0.1) is 0 Å². The molecule has 31 heavy (non-hydrogen) atoms. The lowest BCUT2D eigenvalue weighted by molar-refractivity contribution is 0.0948. The SMILES string of the molecule is COCCOc1ncccc1CNC(=O)c1ccoc1CN1c2ccccc2CC1C. The largest absolute Gasteiger partial charge is 0.475 e. The lowest BCUT2D eigenvalue weighted by atomic mass is 10.1. The molecule has 3 aromatic rings. The van der Waals surface area contributed by atoms with Crippen molar-refractivity contribution in [2.24, 2.45) is 0 Å². The van der Waals surface area contributed by atoms with E-state index in [9.17, 15) is 4.79 Å². The Morgan fingerprint density at radius 1 is 1.23 bits per heavy atom. The summed E-state index contributed by atoms with van der Waals surface area (Å²) < 4.78 is 16.4. The average Bonchev–Trinajstić information content (AvgIpc) is 3.38. The van der Waals surface area contributed by atoms with E-state index in [0.717, 1.165) is 12.0 Å². The number of carbonyl (C=O) groups excluding carboxylic acids is 1. The molecule has 4 rings (SSSR count). The molecule has 1 aliphatic heterocycles. The highest BCUT2D eigenvalue weighted by atomic mass is 16.5. The van der Waals surface area contributed by atoms with E-state index in [-0.39, 0.29) is 5.91 Å². The Balaban J connectivity index is 1.42. The molecule has 7 nitrogen and oxygen atoms in total. The summed E-state index contributed by atoms with van der Waals surface area (Å²) in [6.07, 6.45) is 4.22. The van der Waals surface area contributed by atoms with E-state index in [0.29, 0.717) is 49.5 Å². The summed E-state index contributed by atoms with van der Waals surface area (Å²) in [5.41, 5.74) is 3.87. The Morgan fingerprint density at radius 2 is 2.10 bits per heavy atom. The van der Waals surface area contributed by atoms with E-state index in [4.69, 9.17) is 13.9 Å². The number of nitrogens with zero attached hydrogens (tertiary/aromatic N) is 2. The monoisotopic (exact) mass is 421 g/mol. The van der Waals surface area contributed by atoms with Gasteiger partial charge >= 0.3 is 0 Å². The molecule has 1 aromatic carbocycles. The number of pyridine rings is 1. The van der Waals surface area contributed by atoms with Gasteiger partial charge in [0, 0.05) is 37.1 Å². The first kappa shape index (κ1) is 20.9. The van der Waals surface area contributed by atoms with Gasteiger partial charge in [0.05, 0.1) is 25.0 Å². The maximum atomic E-state index is 12.9. The lowest BCUT2D eigenvalue weighted by Crippen LogP contribution is -2.30. The Hall–Kier alpha value is -3.32. The third-order valence-electron chi connectivity index (χ3n) is 5.47. The number of methoxy groups -OCH3 is 1. The number of aromatic nitrogens is 1. The van der Waals surface area contributed by atoms with Crippen LogP contribution < -0.4 is 15.0 Å². The number of hydrogen-bond donors (Lipinski definition) is 1. The van der Waals surface area contributed by atoms with Gasteiger partial charge in [-0.05, 0) is 37.1 Å². The van der Waals surface area contributed by atoms with Crippen molar-refractivity contribution in [1.29, 1.82) is 0 Å². The van der Waals surface area contributed by atoms with Crippen LogP contribution in [0.4, 0.5) is 5.69 Å². The summed E-state index contributed by atoms with van der Waals surface area (Å²) >= 11 is 0. The lowest BCUT2D eigenvalue weighted by Gasteiger charge is -2.24. The summed E-state index contributed by atoms with van der Waals surface area (Å²) in [6, 6.07) is 14.1. The van der Waals surface area contributed by atoms with Crippen molar-refractivity contribution >= 4 is 11.6 Å². The maximum Gasteiger partial charge on any atom is 0.255 e. The van der Waals surface area contributed by atoms with Crippen LogP contribution in [0.2, 0.25) is 0 Å². The second-order valence-electron chi connectivity index (χ2n) is 7.56. The Morgan fingerprint density at radius 3 is 2.97 bits per heavy atom. The molecule has 1 N–H and O–H groups in total. The van der Waals surface area contributed by atoms with E-state index in [1.165, 1.54) is 11.3 Å². The minimum atomic E-state index is -0.185. The molecular formula is C24H27N3O4. The summed E-state index contributed by atoms with van der Waals surface area (Å²) in [5.74, 6) is 0.967. The van der Waals surface area contributed by atoms with Crippen molar-refractivity contribution < 1.29 is 18.7 Å². The van der Waals surface area contributed by atoms with Gasteiger partial charge in [-0.3, -0.25) is 4.79 Å². The van der Waals surface area contributed by atoms with Crippen LogP contribution in [-0.4, -0.2) is 37.3 Å². The molecule has 0 saturated carbocycles. The molecule has 7 heteroatoms. The molecule has 0 fully saturated rings. The number of furan rings is 1. The van der Waals surface area contributed by atoms with Crippen LogP contribution in [-0.2, 0) is 24.2 Å². The Bertz CT molecular complexity index is 1030. The number of amides is 1. The third kappa shape index (κ3) is 4.72. The highest BCUT2D eigenvalue weighted by molar-refractivity contribution is 5.95. The first-order valence-electron chi connectivity index (χ1n) is 10.4. The summed E-state index contributed by atoms with van der Waals surface area (Å²) in [7, 11) is 1.62. The van der Waals surface area contributed by atoms with Gasteiger partial charge in [0.15, 0.2) is 0 Å². The van der Waals surface area contributed by atoms with Gasteiger partial charge < -0.3 is 24.1 Å². The van der Waals surface area contributed by atoms with Crippen LogP contribution in [0.3, 0.4) is 0 Å². The molecular weight excluding hydrogens is 394 g/mol. The topological polar surface area (TPSA) is 76.8 Å². The van der Waals surface area contributed by atoms with Gasteiger partial charge in [0.25, 0.3) is 5.91 Å². The van der Waals surface area contributed by atoms with E-state index < -0.39 is 0 Å². The zero-order chi connectivity index (χ0) is 21.6. The molecule has 0 aliphatic carbocycles. The van der Waals surface area contributed by atoms with Crippen molar-refractivity contribution in [2.45, 2.75) is 32.5 Å². The minimum Gasteiger partial charge on any atom is -0.475 e. The normalized spacial score (nSPS) is 15.0. The highest BCUT2D eigenvalue weighted by Gasteiger charge is 2.28. The molecule has 0 radical (unpaired) electrons. The Labute approximate surface area is 182 Å². The molecule has 0 bridgehead atoms. The maximum absolute atomic E-state index is 12.9. The van der Waals surface area contributed by atoms with E-state index >= 15 is 0 Å². The molecule has 2 aromatic heterocycles.